The van der Waals surface area contributed by atoms with Gasteiger partial charge in [0.25, 0.3) is 5.91 Å². The maximum atomic E-state index is 12.8. The summed E-state index contributed by atoms with van der Waals surface area (Å²) in [6.45, 7) is 7.83. The minimum Gasteiger partial charge on any atom is -0.461 e. The van der Waals surface area contributed by atoms with Gasteiger partial charge in [0.1, 0.15) is 5.69 Å². The molecule has 1 heterocycles. The first-order valence-corrected chi connectivity index (χ1v) is 9.09. The molecule has 0 radical (unpaired) electrons. The molecule has 3 rings (SSSR count). The molecule has 2 saturated carbocycles. The summed E-state index contributed by atoms with van der Waals surface area (Å²) < 4.78 is 5.05. The molecule has 1 aromatic heterocycles. The van der Waals surface area contributed by atoms with Gasteiger partial charge in [0.15, 0.2) is 0 Å². The highest BCUT2D eigenvalue weighted by molar-refractivity contribution is 6.01. The second-order valence-electron chi connectivity index (χ2n) is 7.45. The lowest BCUT2D eigenvalue weighted by molar-refractivity contribution is 0.0519. The van der Waals surface area contributed by atoms with E-state index in [-0.39, 0.29) is 11.9 Å². The molecule has 0 saturated heterocycles. The van der Waals surface area contributed by atoms with Gasteiger partial charge in [-0.1, -0.05) is 6.42 Å². The van der Waals surface area contributed by atoms with E-state index in [9.17, 15) is 9.59 Å². The molecule has 4 atom stereocenters. The normalized spacial score (nSPS) is 26.4. The Balaban J connectivity index is 1.72. The van der Waals surface area contributed by atoms with E-state index in [1.165, 1.54) is 25.7 Å². The van der Waals surface area contributed by atoms with Crippen molar-refractivity contribution in [1.82, 2.24) is 10.3 Å². The van der Waals surface area contributed by atoms with Crippen LogP contribution in [-0.4, -0.2) is 29.5 Å². The number of carbonyl (C=O) groups excluding carboxylic acids is 2. The van der Waals surface area contributed by atoms with Crippen LogP contribution in [0.1, 0.15) is 71.6 Å². The van der Waals surface area contributed by atoms with Crippen molar-refractivity contribution in [1.29, 1.82) is 0 Å². The van der Waals surface area contributed by atoms with Crippen LogP contribution in [0.4, 0.5) is 0 Å². The van der Waals surface area contributed by atoms with Gasteiger partial charge in [0, 0.05) is 11.7 Å². The lowest BCUT2D eigenvalue weighted by Gasteiger charge is -2.28. The fourth-order valence-corrected chi connectivity index (χ4v) is 4.79. The predicted octanol–water partition coefficient (Wildman–Crippen LogP) is 3.36. The summed E-state index contributed by atoms with van der Waals surface area (Å²) in [6, 6.07) is 0.174. The van der Waals surface area contributed by atoms with Crippen LogP contribution in [0.3, 0.4) is 0 Å². The lowest BCUT2D eigenvalue weighted by Crippen LogP contribution is -2.40. The van der Waals surface area contributed by atoms with E-state index in [2.05, 4.69) is 17.2 Å². The molecule has 1 amide bonds. The van der Waals surface area contributed by atoms with Gasteiger partial charge in [-0.05, 0) is 70.3 Å². The molecule has 0 spiro atoms. The molecule has 2 N–H and O–H groups in total. The molecule has 1 aromatic rings. The third-order valence-corrected chi connectivity index (χ3v) is 5.94. The molecule has 132 valence electrons. The average Bonchev–Trinajstić information content (AvgIpc) is 3.21. The monoisotopic (exact) mass is 332 g/mol. The molecule has 2 bridgehead atoms. The van der Waals surface area contributed by atoms with Gasteiger partial charge >= 0.3 is 5.97 Å². The van der Waals surface area contributed by atoms with Crippen LogP contribution >= 0.6 is 0 Å². The topological polar surface area (TPSA) is 71.2 Å². The highest BCUT2D eigenvalue weighted by Gasteiger charge is 2.42. The molecule has 2 aliphatic rings. The van der Waals surface area contributed by atoms with Crippen molar-refractivity contribution in [3.8, 4) is 0 Å². The van der Waals surface area contributed by atoms with Crippen LogP contribution in [0.5, 0.6) is 0 Å². The molecule has 2 aliphatic carbocycles. The van der Waals surface area contributed by atoms with Gasteiger partial charge in [-0.15, -0.1) is 0 Å². The van der Waals surface area contributed by atoms with E-state index >= 15 is 0 Å². The standard InChI is InChI=1S/C19H28N2O3/c1-5-24-19(23)17-10(2)16(12(4)20-17)18(22)21-11(3)15-9-13-6-7-14(15)8-13/h11,13-15,20H,5-9H2,1-4H3,(H,21,22)/t11-,13+,14+,15+/m1/s1. The Morgan fingerprint density at radius 1 is 1.29 bits per heavy atom. The molecule has 0 aliphatic heterocycles. The second-order valence-corrected chi connectivity index (χ2v) is 7.45. The summed E-state index contributed by atoms with van der Waals surface area (Å²) >= 11 is 0. The first-order chi connectivity index (χ1) is 11.4. The zero-order valence-electron chi connectivity index (χ0n) is 15.1. The number of aromatic amines is 1. The molecule has 0 aromatic carbocycles. The maximum Gasteiger partial charge on any atom is 0.355 e. The number of rotatable bonds is 5. The third kappa shape index (κ3) is 2.96. The minimum atomic E-state index is -0.404. The van der Waals surface area contributed by atoms with E-state index < -0.39 is 5.97 Å². The Kier molecular flexibility index (Phi) is 4.70. The third-order valence-electron chi connectivity index (χ3n) is 5.94. The van der Waals surface area contributed by atoms with Gasteiger partial charge in [0.05, 0.1) is 12.2 Å². The number of carbonyl (C=O) groups is 2. The largest absolute Gasteiger partial charge is 0.461 e. The van der Waals surface area contributed by atoms with Gasteiger partial charge in [-0.25, -0.2) is 4.79 Å². The van der Waals surface area contributed by atoms with Crippen LogP contribution in [0, 0.1) is 31.6 Å². The number of nitrogens with one attached hydrogen (secondary N) is 2. The number of hydrogen-bond donors (Lipinski definition) is 2. The van der Waals surface area contributed by atoms with Crippen LogP contribution < -0.4 is 5.32 Å². The van der Waals surface area contributed by atoms with E-state index in [0.717, 1.165) is 11.8 Å². The Labute approximate surface area is 143 Å². The van der Waals surface area contributed by atoms with Crippen molar-refractivity contribution >= 4 is 11.9 Å². The highest BCUT2D eigenvalue weighted by Crippen LogP contribution is 2.49. The number of fused-ring (bicyclic) bond motifs is 2. The molecule has 24 heavy (non-hydrogen) atoms. The van der Waals surface area contributed by atoms with Crippen LogP contribution in [-0.2, 0) is 4.74 Å². The number of H-pyrrole nitrogens is 1. The Bertz CT molecular complexity index is 649. The van der Waals surface area contributed by atoms with Gasteiger partial charge < -0.3 is 15.0 Å². The molecule has 5 heteroatoms. The summed E-state index contributed by atoms with van der Waals surface area (Å²) in [7, 11) is 0. The SMILES string of the molecule is CCOC(=O)c1[nH]c(C)c(C(=O)N[C@H](C)[C@@H]2C[C@H]3CC[C@H]2C3)c1C. The predicted molar refractivity (Wildman–Crippen MR) is 92.1 cm³/mol. The van der Waals surface area contributed by atoms with Crippen molar-refractivity contribution in [3.05, 3.63) is 22.5 Å². The zero-order chi connectivity index (χ0) is 17.4. The fraction of sp³-hybridized carbons (Fsp3) is 0.684. The summed E-state index contributed by atoms with van der Waals surface area (Å²) in [5.41, 5.74) is 2.34. The Morgan fingerprint density at radius 3 is 2.62 bits per heavy atom. The Hall–Kier alpha value is -1.78. The van der Waals surface area contributed by atoms with E-state index in [4.69, 9.17) is 4.74 Å². The molecule has 2 fully saturated rings. The maximum absolute atomic E-state index is 12.8. The van der Waals surface area contributed by atoms with Crippen LogP contribution in [0.2, 0.25) is 0 Å². The van der Waals surface area contributed by atoms with Gasteiger partial charge in [-0.2, -0.15) is 0 Å². The number of aromatic nitrogens is 1. The molecular formula is C19H28N2O3. The fourth-order valence-electron chi connectivity index (χ4n) is 4.79. The van der Waals surface area contributed by atoms with Crippen LogP contribution in [0.25, 0.3) is 0 Å². The van der Waals surface area contributed by atoms with Crippen molar-refractivity contribution < 1.29 is 14.3 Å². The Morgan fingerprint density at radius 2 is 2.04 bits per heavy atom. The molecular weight excluding hydrogens is 304 g/mol. The number of ether oxygens (including phenoxy) is 1. The van der Waals surface area contributed by atoms with E-state index in [1.807, 2.05) is 6.92 Å². The van der Waals surface area contributed by atoms with E-state index in [0.29, 0.717) is 35.0 Å². The van der Waals surface area contributed by atoms with Crippen molar-refractivity contribution in [3.63, 3.8) is 0 Å². The summed E-state index contributed by atoms with van der Waals surface area (Å²) in [4.78, 5) is 27.8. The first kappa shape index (κ1) is 17.1. The summed E-state index contributed by atoms with van der Waals surface area (Å²) in [6.07, 6.45) is 5.25. The van der Waals surface area contributed by atoms with Crippen LogP contribution in [0.15, 0.2) is 0 Å². The smallest absolute Gasteiger partial charge is 0.355 e. The van der Waals surface area contributed by atoms with Crippen molar-refractivity contribution in [2.24, 2.45) is 17.8 Å². The minimum absolute atomic E-state index is 0.0907. The van der Waals surface area contributed by atoms with E-state index in [1.54, 1.807) is 13.8 Å². The van der Waals surface area contributed by atoms with Crippen molar-refractivity contribution in [2.75, 3.05) is 6.61 Å². The number of hydrogen-bond acceptors (Lipinski definition) is 3. The second kappa shape index (κ2) is 6.61. The number of esters is 1. The number of aryl methyl sites for hydroxylation is 1. The lowest BCUT2D eigenvalue weighted by atomic mass is 9.84. The first-order valence-electron chi connectivity index (χ1n) is 9.09. The zero-order valence-corrected chi connectivity index (χ0v) is 15.1. The summed E-state index contributed by atoms with van der Waals surface area (Å²) in [5, 5.41) is 3.18. The van der Waals surface area contributed by atoms with Gasteiger partial charge in [0.2, 0.25) is 0 Å². The quantitative estimate of drug-likeness (QED) is 0.812. The van der Waals surface area contributed by atoms with Crippen molar-refractivity contribution in [2.45, 2.75) is 59.4 Å². The molecule has 0 unspecified atom stereocenters. The highest BCUT2D eigenvalue weighted by atomic mass is 16.5. The molecule has 5 nitrogen and oxygen atoms in total. The van der Waals surface area contributed by atoms with Gasteiger partial charge in [-0.3, -0.25) is 4.79 Å². The summed E-state index contributed by atoms with van der Waals surface area (Å²) in [5.74, 6) is 1.74. The average molecular weight is 332 g/mol. The number of amides is 1.